The maximum Gasteiger partial charge on any atom is 0.311 e. The van der Waals surface area contributed by atoms with Crippen molar-refractivity contribution in [2.75, 3.05) is 26.6 Å². The van der Waals surface area contributed by atoms with Crippen LogP contribution >= 0.6 is 0 Å². The number of allylic oxidation sites excluding steroid dienone is 2. The van der Waals surface area contributed by atoms with Gasteiger partial charge in [0, 0.05) is 17.6 Å². The summed E-state index contributed by atoms with van der Waals surface area (Å²) in [7, 11) is 0. The smallest absolute Gasteiger partial charge is 0.311 e. The van der Waals surface area contributed by atoms with Crippen LogP contribution in [0.3, 0.4) is 0 Å². The van der Waals surface area contributed by atoms with Crippen molar-refractivity contribution in [3.8, 4) is 0 Å². The van der Waals surface area contributed by atoms with E-state index in [9.17, 15) is 54.9 Å². The van der Waals surface area contributed by atoms with E-state index in [1.54, 1.807) is 0 Å². The molecule has 0 bridgehead atoms. The van der Waals surface area contributed by atoms with Gasteiger partial charge in [0.05, 0.1) is 19.1 Å². The Bertz CT molecular complexity index is 1430. The summed E-state index contributed by atoms with van der Waals surface area (Å²) in [6, 6.07) is 0. The molecule has 3 heterocycles. The third kappa shape index (κ3) is 10.1. The Morgan fingerprint density at radius 3 is 2.02 bits per heavy atom. The number of carbonyl (C=O) groups excluding carboxylic acids is 4. The van der Waals surface area contributed by atoms with Crippen LogP contribution < -0.4 is 0 Å². The highest BCUT2D eigenvalue weighted by molar-refractivity contribution is 6.19. The number of amides is 2. The third-order valence-corrected chi connectivity index (χ3v) is 11.3. The molecule has 3 fully saturated rings. The number of aliphatic hydroxyl groups excluding tert-OH is 7. The zero-order valence-electron chi connectivity index (χ0n) is 33.0. The van der Waals surface area contributed by atoms with Gasteiger partial charge in [-0.2, -0.15) is 0 Å². The molecule has 1 saturated carbocycles. The first kappa shape index (κ1) is 45.9. The lowest BCUT2D eigenvalue weighted by atomic mass is 9.93. The molecule has 7 N–H and O–H groups in total. The molecule has 56 heavy (non-hydrogen) atoms. The summed E-state index contributed by atoms with van der Waals surface area (Å²) in [6.07, 6.45) is -2.90. The van der Waals surface area contributed by atoms with E-state index in [2.05, 4.69) is 13.0 Å². The Balaban J connectivity index is 0.000000258. The van der Waals surface area contributed by atoms with Crippen molar-refractivity contribution in [2.24, 2.45) is 17.3 Å². The second-order valence-electron chi connectivity index (χ2n) is 16.1. The lowest BCUT2D eigenvalue weighted by Crippen LogP contribution is -2.63. The lowest BCUT2D eigenvalue weighted by molar-refractivity contribution is -0.383. The molecular weight excluding hydrogens is 738 g/mol. The van der Waals surface area contributed by atoms with E-state index in [1.807, 2.05) is 27.7 Å². The summed E-state index contributed by atoms with van der Waals surface area (Å²) in [5.41, 5.74) is 2.28. The summed E-state index contributed by atoms with van der Waals surface area (Å²) >= 11 is 0. The van der Waals surface area contributed by atoms with Gasteiger partial charge in [-0.25, -0.2) is 4.90 Å². The molecule has 0 aromatic rings. The van der Waals surface area contributed by atoms with Gasteiger partial charge in [0.25, 0.3) is 11.8 Å². The maximum absolute atomic E-state index is 12.4. The molecule has 5 rings (SSSR count). The number of aliphatic hydroxyl groups is 7. The maximum atomic E-state index is 12.4. The van der Waals surface area contributed by atoms with Gasteiger partial charge in [-0.15, -0.1) is 0 Å². The molecule has 0 aromatic heterocycles. The molecule has 0 spiro atoms. The van der Waals surface area contributed by atoms with Crippen molar-refractivity contribution < 1.29 is 78.6 Å². The van der Waals surface area contributed by atoms with Crippen molar-refractivity contribution in [2.45, 2.75) is 154 Å². The van der Waals surface area contributed by atoms with Crippen LogP contribution in [0.5, 0.6) is 0 Å². The Labute approximate surface area is 327 Å². The number of rotatable bonds is 16. The van der Waals surface area contributed by atoms with E-state index >= 15 is 0 Å². The van der Waals surface area contributed by atoms with Crippen LogP contribution in [-0.4, -0.2) is 146 Å². The highest BCUT2D eigenvalue weighted by Crippen LogP contribution is 2.59. The fourth-order valence-electron chi connectivity index (χ4n) is 7.78. The Morgan fingerprint density at radius 2 is 1.46 bits per heavy atom. The highest BCUT2D eigenvalue weighted by Gasteiger charge is 2.62. The van der Waals surface area contributed by atoms with Crippen LogP contribution in [0, 0.1) is 17.3 Å². The number of imide groups is 1. The molecule has 3 aliphatic heterocycles. The van der Waals surface area contributed by atoms with Crippen LogP contribution in [-0.2, 0) is 42.9 Å². The van der Waals surface area contributed by atoms with Gasteiger partial charge in [0.1, 0.15) is 43.2 Å². The molecule has 0 aromatic carbocycles. The van der Waals surface area contributed by atoms with Crippen molar-refractivity contribution >= 4 is 23.8 Å². The van der Waals surface area contributed by atoms with Crippen LogP contribution in [0.2, 0.25) is 0 Å². The fraction of sp³-hybridized carbons (Fsp3) is 0.795. The summed E-state index contributed by atoms with van der Waals surface area (Å²) in [4.78, 5) is 50.5. The van der Waals surface area contributed by atoms with Gasteiger partial charge in [-0.1, -0.05) is 58.1 Å². The zero-order chi connectivity index (χ0) is 41.5. The molecule has 2 saturated heterocycles. The molecule has 318 valence electrons. The number of esters is 2. The number of hydrogen-bond donors (Lipinski definition) is 7. The van der Waals surface area contributed by atoms with Gasteiger partial charge >= 0.3 is 11.9 Å². The predicted molar refractivity (Wildman–Crippen MR) is 194 cm³/mol. The van der Waals surface area contributed by atoms with E-state index in [0.717, 1.165) is 43.4 Å². The monoisotopic (exact) mass is 799 g/mol. The van der Waals surface area contributed by atoms with Crippen molar-refractivity contribution in [3.05, 3.63) is 22.8 Å². The number of unbranched alkanes of at least 4 members (excludes halogenated alkanes) is 4. The van der Waals surface area contributed by atoms with Crippen LogP contribution in [0.15, 0.2) is 22.8 Å². The van der Waals surface area contributed by atoms with E-state index in [4.69, 9.17) is 23.7 Å². The fourth-order valence-corrected chi connectivity index (χ4v) is 7.78. The first-order valence-corrected chi connectivity index (χ1v) is 19.6. The molecule has 5 aliphatic rings. The minimum absolute atomic E-state index is 0.0539. The Hall–Kier alpha value is -2.84. The highest BCUT2D eigenvalue weighted by atomic mass is 16.8. The molecule has 2 unspecified atom stereocenters. The van der Waals surface area contributed by atoms with Crippen molar-refractivity contribution in [3.63, 3.8) is 0 Å². The zero-order valence-corrected chi connectivity index (χ0v) is 33.0. The molecular formula is C39H61NO16. The molecule has 2 amide bonds. The summed E-state index contributed by atoms with van der Waals surface area (Å²) in [5.74, 6) is -3.85. The largest absolute Gasteiger partial charge is 0.454 e. The van der Waals surface area contributed by atoms with Crippen molar-refractivity contribution in [1.82, 2.24) is 4.90 Å². The molecule has 17 heteroatoms. The van der Waals surface area contributed by atoms with E-state index in [1.165, 1.54) is 5.57 Å². The topological polar surface area (TPSA) is 259 Å². The molecule has 11 atom stereocenters. The predicted octanol–water partition coefficient (Wildman–Crippen LogP) is 0.481. The second-order valence-corrected chi connectivity index (χ2v) is 16.1. The second kappa shape index (κ2) is 19.7. The first-order valence-electron chi connectivity index (χ1n) is 19.6. The number of carbonyl (C=O) groups is 4. The van der Waals surface area contributed by atoms with Crippen LogP contribution in [0.1, 0.15) is 98.8 Å². The standard InChI is InChI=1S/C20H36O12.C19H25NO4/c1-2-3-4-5-6-7-13(24)30-18-15(26)12(9-22)31-20(18,10-23)32-19-17(28)16(27)14(25)11(8-21)29-19;1-11(2)9-14-15(19(14,3)4)18(23)24-10-20-16(21)12-7-5-6-8-13(12)17(20)22/h11-12,14-19,21-23,25-28H,2-10H2,1H3;9,14-15H,5-8,10H2,1-4H3/t11-,12-,14-,15-,16+,17-,18+,19-,20+;/m1./s1. The normalized spacial score (nSPS) is 34.8. The Kier molecular flexibility index (Phi) is 16.2. The minimum Gasteiger partial charge on any atom is -0.454 e. The number of nitrogens with zero attached hydrogens (tertiary/aromatic N) is 1. The minimum atomic E-state index is -2.24. The van der Waals surface area contributed by atoms with Crippen molar-refractivity contribution in [1.29, 1.82) is 0 Å². The average Bonchev–Trinajstić information content (AvgIpc) is 3.47. The van der Waals surface area contributed by atoms with Crippen LogP contribution in [0.4, 0.5) is 0 Å². The number of hydrogen-bond acceptors (Lipinski definition) is 16. The van der Waals surface area contributed by atoms with Gasteiger partial charge in [0.2, 0.25) is 5.79 Å². The molecule has 2 aliphatic carbocycles. The van der Waals surface area contributed by atoms with Crippen LogP contribution in [0.25, 0.3) is 0 Å². The SMILES string of the molecule is CC(C)=CC1C(C(=O)OCN2C(=O)C3=C(CCCC3)C2=O)C1(C)C.CCCCCCCC(=O)O[C@H]1[C@H](O)[C@@H](CO)O[C@@]1(CO)O[C@H]1O[C@H](CO)[C@@H](O)[C@H](O)[C@H]1O. The quantitative estimate of drug-likeness (QED) is 0.0485. The average molecular weight is 800 g/mol. The van der Waals surface area contributed by atoms with E-state index < -0.39 is 80.6 Å². The Morgan fingerprint density at radius 1 is 0.857 bits per heavy atom. The summed E-state index contributed by atoms with van der Waals surface area (Å²) < 4.78 is 27.0. The van der Waals surface area contributed by atoms with E-state index in [-0.39, 0.29) is 48.2 Å². The number of ether oxygens (including phenoxy) is 5. The van der Waals surface area contributed by atoms with E-state index in [0.29, 0.717) is 30.4 Å². The molecule has 0 radical (unpaired) electrons. The summed E-state index contributed by atoms with van der Waals surface area (Å²) in [6.45, 7) is 7.52. The molecule has 17 nitrogen and oxygen atoms in total. The first-order chi connectivity index (χ1) is 26.5. The lowest BCUT2D eigenvalue weighted by Gasteiger charge is -2.43. The summed E-state index contributed by atoms with van der Waals surface area (Å²) in [5, 5.41) is 69.5. The van der Waals surface area contributed by atoms with Gasteiger partial charge in [-0.3, -0.25) is 19.2 Å². The van der Waals surface area contributed by atoms with Gasteiger partial charge < -0.3 is 59.4 Å². The van der Waals surface area contributed by atoms with Gasteiger partial charge in [0.15, 0.2) is 19.1 Å². The third-order valence-electron chi connectivity index (χ3n) is 11.3. The van der Waals surface area contributed by atoms with Gasteiger partial charge in [-0.05, 0) is 57.3 Å².